The first-order valence-corrected chi connectivity index (χ1v) is 6.94. The van der Waals surface area contributed by atoms with Gasteiger partial charge in [0.2, 0.25) is 5.91 Å². The SMILES string of the molecule is COc1ccc(NC(=O)c2ccc(NC(C)=O)cc2)c(OC)c1. The molecule has 0 saturated heterocycles. The number of carbonyl (C=O) groups excluding carboxylic acids is 2. The number of hydrogen-bond donors (Lipinski definition) is 2. The Morgan fingerprint density at radius 1 is 0.913 bits per heavy atom. The van der Waals surface area contributed by atoms with Crippen LogP contribution >= 0.6 is 0 Å². The molecule has 0 unspecified atom stereocenters. The first-order valence-electron chi connectivity index (χ1n) is 6.94. The van der Waals surface area contributed by atoms with E-state index in [2.05, 4.69) is 10.6 Å². The zero-order valence-electron chi connectivity index (χ0n) is 13.2. The molecule has 2 rings (SSSR count). The van der Waals surface area contributed by atoms with Crippen LogP contribution in [0.1, 0.15) is 17.3 Å². The van der Waals surface area contributed by atoms with Crippen molar-refractivity contribution in [3.63, 3.8) is 0 Å². The number of amides is 2. The Morgan fingerprint density at radius 3 is 2.17 bits per heavy atom. The maximum atomic E-state index is 12.3. The van der Waals surface area contributed by atoms with Gasteiger partial charge >= 0.3 is 0 Å². The molecule has 2 aromatic carbocycles. The third-order valence-corrected chi connectivity index (χ3v) is 3.12. The second-order valence-corrected chi connectivity index (χ2v) is 4.78. The van der Waals surface area contributed by atoms with Crippen LogP contribution in [0.25, 0.3) is 0 Å². The minimum Gasteiger partial charge on any atom is -0.497 e. The van der Waals surface area contributed by atoms with Crippen molar-refractivity contribution < 1.29 is 19.1 Å². The van der Waals surface area contributed by atoms with Crippen LogP contribution < -0.4 is 20.1 Å². The van der Waals surface area contributed by atoms with E-state index in [-0.39, 0.29) is 11.8 Å². The highest BCUT2D eigenvalue weighted by molar-refractivity contribution is 6.05. The summed E-state index contributed by atoms with van der Waals surface area (Å²) < 4.78 is 10.4. The van der Waals surface area contributed by atoms with E-state index in [1.807, 2.05) is 0 Å². The Balaban J connectivity index is 2.14. The van der Waals surface area contributed by atoms with Gasteiger partial charge in [0.15, 0.2) is 0 Å². The predicted molar refractivity (Wildman–Crippen MR) is 88.2 cm³/mol. The lowest BCUT2D eigenvalue weighted by Gasteiger charge is -2.12. The average molecular weight is 314 g/mol. The molecule has 2 amide bonds. The van der Waals surface area contributed by atoms with E-state index < -0.39 is 0 Å². The number of ether oxygens (including phenoxy) is 2. The highest BCUT2D eigenvalue weighted by Crippen LogP contribution is 2.29. The standard InChI is InChI=1S/C17H18N2O4/c1-11(20)18-13-6-4-12(5-7-13)17(21)19-15-9-8-14(22-2)10-16(15)23-3/h4-10H,1-3H3,(H,18,20)(H,19,21). The van der Waals surface area contributed by atoms with Gasteiger partial charge in [-0.2, -0.15) is 0 Å². The van der Waals surface area contributed by atoms with Crippen molar-refractivity contribution in [1.29, 1.82) is 0 Å². The summed E-state index contributed by atoms with van der Waals surface area (Å²) in [6, 6.07) is 11.7. The van der Waals surface area contributed by atoms with Gasteiger partial charge in [-0.1, -0.05) is 0 Å². The molecule has 0 spiro atoms. The lowest BCUT2D eigenvalue weighted by molar-refractivity contribution is -0.114. The van der Waals surface area contributed by atoms with Gasteiger partial charge in [-0.15, -0.1) is 0 Å². The zero-order chi connectivity index (χ0) is 16.8. The van der Waals surface area contributed by atoms with E-state index in [1.165, 1.54) is 14.0 Å². The van der Waals surface area contributed by atoms with Gasteiger partial charge in [0.1, 0.15) is 11.5 Å². The molecule has 23 heavy (non-hydrogen) atoms. The second-order valence-electron chi connectivity index (χ2n) is 4.78. The van der Waals surface area contributed by atoms with Gasteiger partial charge < -0.3 is 20.1 Å². The number of benzene rings is 2. The molecule has 0 saturated carbocycles. The maximum absolute atomic E-state index is 12.3. The summed E-state index contributed by atoms with van der Waals surface area (Å²) >= 11 is 0. The van der Waals surface area contributed by atoms with E-state index in [0.29, 0.717) is 28.4 Å². The van der Waals surface area contributed by atoms with Crippen molar-refractivity contribution >= 4 is 23.2 Å². The summed E-state index contributed by atoms with van der Waals surface area (Å²) in [6.45, 7) is 1.43. The maximum Gasteiger partial charge on any atom is 0.255 e. The highest BCUT2D eigenvalue weighted by Gasteiger charge is 2.11. The van der Waals surface area contributed by atoms with Crippen LogP contribution in [0, 0.1) is 0 Å². The fourth-order valence-corrected chi connectivity index (χ4v) is 2.00. The van der Waals surface area contributed by atoms with Crippen molar-refractivity contribution in [3.8, 4) is 11.5 Å². The summed E-state index contributed by atoms with van der Waals surface area (Å²) in [5.41, 5.74) is 1.65. The molecule has 6 heteroatoms. The van der Waals surface area contributed by atoms with Crippen LogP contribution in [0.15, 0.2) is 42.5 Å². The van der Waals surface area contributed by atoms with Crippen molar-refractivity contribution in [2.24, 2.45) is 0 Å². The quantitative estimate of drug-likeness (QED) is 0.889. The number of hydrogen-bond acceptors (Lipinski definition) is 4. The second kappa shape index (κ2) is 7.31. The van der Waals surface area contributed by atoms with Crippen molar-refractivity contribution in [2.45, 2.75) is 6.92 Å². The van der Waals surface area contributed by atoms with Crippen LogP contribution in [-0.4, -0.2) is 26.0 Å². The van der Waals surface area contributed by atoms with Crippen LogP contribution in [-0.2, 0) is 4.79 Å². The van der Waals surface area contributed by atoms with E-state index in [1.54, 1.807) is 49.6 Å². The van der Waals surface area contributed by atoms with Crippen molar-refractivity contribution in [2.75, 3.05) is 24.9 Å². The molecule has 0 heterocycles. The Labute approximate surface area is 134 Å². The Hall–Kier alpha value is -3.02. The minimum atomic E-state index is -0.275. The molecule has 0 aromatic heterocycles. The van der Waals surface area contributed by atoms with Gasteiger partial charge in [-0.3, -0.25) is 9.59 Å². The Morgan fingerprint density at radius 2 is 1.61 bits per heavy atom. The number of rotatable bonds is 5. The number of carbonyl (C=O) groups is 2. The minimum absolute atomic E-state index is 0.162. The molecule has 0 atom stereocenters. The third kappa shape index (κ3) is 4.23. The summed E-state index contributed by atoms with van der Waals surface area (Å²) in [4.78, 5) is 23.3. The van der Waals surface area contributed by atoms with Crippen molar-refractivity contribution in [1.82, 2.24) is 0 Å². The monoisotopic (exact) mass is 314 g/mol. The van der Waals surface area contributed by atoms with E-state index in [4.69, 9.17) is 9.47 Å². The average Bonchev–Trinajstić information content (AvgIpc) is 2.55. The van der Waals surface area contributed by atoms with E-state index in [9.17, 15) is 9.59 Å². The van der Waals surface area contributed by atoms with Crippen LogP contribution in [0.3, 0.4) is 0 Å². The molecule has 0 aliphatic carbocycles. The summed E-state index contributed by atoms with van der Waals surface area (Å²) in [5.74, 6) is 0.708. The van der Waals surface area contributed by atoms with Crippen molar-refractivity contribution in [3.05, 3.63) is 48.0 Å². The highest BCUT2D eigenvalue weighted by atomic mass is 16.5. The van der Waals surface area contributed by atoms with Crippen LogP contribution in [0.5, 0.6) is 11.5 Å². The van der Waals surface area contributed by atoms with Gasteiger partial charge in [0, 0.05) is 24.2 Å². The fourth-order valence-electron chi connectivity index (χ4n) is 2.00. The number of nitrogens with one attached hydrogen (secondary N) is 2. The molecular formula is C17H18N2O4. The molecule has 2 aromatic rings. The van der Waals surface area contributed by atoms with E-state index in [0.717, 1.165) is 0 Å². The lowest BCUT2D eigenvalue weighted by atomic mass is 10.2. The molecule has 6 nitrogen and oxygen atoms in total. The number of anilines is 2. The molecule has 120 valence electrons. The predicted octanol–water partition coefficient (Wildman–Crippen LogP) is 2.91. The van der Waals surface area contributed by atoms with Gasteiger partial charge in [-0.05, 0) is 36.4 Å². The summed E-state index contributed by atoms with van der Waals surface area (Å²) in [7, 11) is 3.08. The lowest BCUT2D eigenvalue weighted by Crippen LogP contribution is -2.13. The van der Waals surface area contributed by atoms with Gasteiger partial charge in [0.25, 0.3) is 5.91 Å². The summed E-state index contributed by atoms with van der Waals surface area (Å²) in [6.07, 6.45) is 0. The fraction of sp³-hybridized carbons (Fsp3) is 0.176. The first-order chi connectivity index (χ1) is 11.0. The van der Waals surface area contributed by atoms with Gasteiger partial charge in [0.05, 0.1) is 19.9 Å². The molecule has 0 radical (unpaired) electrons. The molecular weight excluding hydrogens is 296 g/mol. The molecule has 0 aliphatic heterocycles. The van der Waals surface area contributed by atoms with Gasteiger partial charge in [-0.25, -0.2) is 0 Å². The molecule has 0 bridgehead atoms. The molecule has 2 N–H and O–H groups in total. The number of methoxy groups -OCH3 is 2. The topological polar surface area (TPSA) is 76.7 Å². The van der Waals surface area contributed by atoms with E-state index >= 15 is 0 Å². The molecule has 0 fully saturated rings. The normalized spacial score (nSPS) is 9.87. The Kier molecular flexibility index (Phi) is 5.19. The largest absolute Gasteiger partial charge is 0.497 e. The first kappa shape index (κ1) is 16.4. The Bertz CT molecular complexity index is 711. The smallest absolute Gasteiger partial charge is 0.255 e. The van der Waals surface area contributed by atoms with Crippen LogP contribution in [0.4, 0.5) is 11.4 Å². The molecule has 0 aliphatic rings. The summed E-state index contributed by atoms with van der Waals surface area (Å²) in [5, 5.41) is 5.43. The van der Waals surface area contributed by atoms with Crippen LogP contribution in [0.2, 0.25) is 0 Å². The zero-order valence-corrected chi connectivity index (χ0v) is 13.2. The third-order valence-electron chi connectivity index (χ3n) is 3.12.